The monoisotopic (exact) mass is 288 g/mol. The molecule has 2 rings (SSSR count). The Kier molecular flexibility index (Phi) is 8.19. The highest BCUT2D eigenvalue weighted by Gasteiger charge is 2.05. The van der Waals surface area contributed by atoms with Crippen molar-refractivity contribution in [2.45, 2.75) is 66.7 Å². The Morgan fingerprint density at radius 2 is 1.71 bits per heavy atom. The molecule has 1 heterocycles. The van der Waals surface area contributed by atoms with E-state index in [0.717, 1.165) is 17.4 Å². The highest BCUT2D eigenvalue weighted by molar-refractivity contribution is 5.77. The molecule has 21 heavy (non-hydrogen) atoms. The second-order valence-electron chi connectivity index (χ2n) is 6.26. The highest BCUT2D eigenvalue weighted by atomic mass is 16.3. The van der Waals surface area contributed by atoms with Crippen LogP contribution in [0.4, 0.5) is 0 Å². The smallest absolute Gasteiger partial charge is 0.134 e. The molecule has 1 aromatic heterocycles. The van der Waals surface area contributed by atoms with E-state index in [1.54, 1.807) is 6.26 Å². The van der Waals surface area contributed by atoms with Gasteiger partial charge in [0.1, 0.15) is 5.58 Å². The van der Waals surface area contributed by atoms with Crippen molar-refractivity contribution in [2.24, 2.45) is 11.8 Å². The second kappa shape index (κ2) is 9.65. The number of hydrogen-bond donors (Lipinski definition) is 0. The van der Waals surface area contributed by atoms with Crippen molar-refractivity contribution in [3.05, 3.63) is 36.1 Å². The van der Waals surface area contributed by atoms with Crippen LogP contribution in [0.1, 0.15) is 65.9 Å². The first-order valence-corrected chi connectivity index (χ1v) is 8.61. The third-order valence-electron chi connectivity index (χ3n) is 3.92. The highest BCUT2D eigenvalue weighted by Crippen LogP contribution is 2.21. The first-order valence-electron chi connectivity index (χ1n) is 8.61. The van der Waals surface area contributed by atoms with Gasteiger partial charge in [0.25, 0.3) is 0 Å². The maximum Gasteiger partial charge on any atom is 0.134 e. The first-order chi connectivity index (χ1) is 10.1. The van der Waals surface area contributed by atoms with E-state index in [0.29, 0.717) is 0 Å². The fourth-order valence-electron chi connectivity index (χ4n) is 2.59. The summed E-state index contributed by atoms with van der Waals surface area (Å²) >= 11 is 0. The Hall–Kier alpha value is -1.24. The molecule has 2 aromatic rings. The molecule has 0 radical (unpaired) electrons. The lowest BCUT2D eigenvalue weighted by Crippen LogP contribution is -1.99. The van der Waals surface area contributed by atoms with Crippen molar-refractivity contribution in [1.82, 2.24) is 0 Å². The molecule has 1 aromatic carbocycles. The lowest BCUT2D eigenvalue weighted by Gasteiger charge is -2.12. The molecule has 1 nitrogen and oxygen atoms in total. The third kappa shape index (κ3) is 6.37. The van der Waals surface area contributed by atoms with Gasteiger partial charge in [0.05, 0.1) is 6.26 Å². The van der Waals surface area contributed by atoms with Crippen LogP contribution < -0.4 is 0 Å². The van der Waals surface area contributed by atoms with Crippen LogP contribution in [0.25, 0.3) is 11.0 Å². The minimum Gasteiger partial charge on any atom is -0.464 e. The van der Waals surface area contributed by atoms with Crippen LogP contribution in [0.3, 0.4) is 0 Å². The summed E-state index contributed by atoms with van der Waals surface area (Å²) in [5.41, 5.74) is 2.42. The zero-order valence-electron chi connectivity index (χ0n) is 14.5. The van der Waals surface area contributed by atoms with Gasteiger partial charge in [-0.3, -0.25) is 0 Å². The molecule has 0 N–H and O–H groups in total. The van der Waals surface area contributed by atoms with Crippen molar-refractivity contribution < 1.29 is 4.42 Å². The molecule has 0 amide bonds. The van der Waals surface area contributed by atoms with Crippen LogP contribution in [0.2, 0.25) is 0 Å². The zero-order chi connectivity index (χ0) is 15.7. The average molecular weight is 288 g/mol. The summed E-state index contributed by atoms with van der Waals surface area (Å²) in [6, 6.07) is 8.61. The second-order valence-corrected chi connectivity index (χ2v) is 6.26. The average Bonchev–Trinajstić information content (AvgIpc) is 2.94. The van der Waals surface area contributed by atoms with E-state index in [1.165, 1.54) is 43.1 Å². The van der Waals surface area contributed by atoms with E-state index in [9.17, 15) is 0 Å². The molecule has 0 aliphatic heterocycles. The molecule has 0 bridgehead atoms. The molecule has 0 aliphatic rings. The third-order valence-corrected chi connectivity index (χ3v) is 3.92. The minimum atomic E-state index is 0.825. The minimum absolute atomic E-state index is 0.825. The SMILES string of the molecule is CC.CC(C)CCCC(C)CCc1ccc2ccoc2c1. The molecule has 0 saturated carbocycles. The van der Waals surface area contributed by atoms with Gasteiger partial charge in [-0.1, -0.05) is 66.0 Å². The summed E-state index contributed by atoms with van der Waals surface area (Å²) in [5, 5.41) is 1.20. The normalized spacial score (nSPS) is 12.3. The van der Waals surface area contributed by atoms with Gasteiger partial charge in [-0.2, -0.15) is 0 Å². The van der Waals surface area contributed by atoms with E-state index < -0.39 is 0 Å². The fraction of sp³-hybridized carbons (Fsp3) is 0.600. The molecule has 0 saturated heterocycles. The Balaban J connectivity index is 0.00000106. The molecular formula is C20H32O. The molecule has 118 valence electrons. The van der Waals surface area contributed by atoms with Crippen molar-refractivity contribution >= 4 is 11.0 Å². The van der Waals surface area contributed by atoms with Gasteiger partial charge in [-0.25, -0.2) is 0 Å². The van der Waals surface area contributed by atoms with Crippen molar-refractivity contribution in [3.8, 4) is 0 Å². The molecule has 1 atom stereocenters. The van der Waals surface area contributed by atoms with E-state index in [-0.39, 0.29) is 0 Å². The molecule has 0 aliphatic carbocycles. The van der Waals surface area contributed by atoms with Crippen LogP contribution in [-0.4, -0.2) is 0 Å². The predicted octanol–water partition coefficient (Wildman–Crippen LogP) is 6.85. The quantitative estimate of drug-likeness (QED) is 0.542. The van der Waals surface area contributed by atoms with E-state index in [1.807, 2.05) is 19.9 Å². The van der Waals surface area contributed by atoms with Crippen LogP contribution in [0, 0.1) is 11.8 Å². The molecule has 1 heteroatoms. The zero-order valence-corrected chi connectivity index (χ0v) is 14.5. The van der Waals surface area contributed by atoms with Gasteiger partial charge in [0.15, 0.2) is 0 Å². The Labute approximate surface area is 130 Å². The number of rotatable bonds is 7. The maximum atomic E-state index is 5.46. The summed E-state index contributed by atoms with van der Waals surface area (Å²) < 4.78 is 5.46. The van der Waals surface area contributed by atoms with Crippen molar-refractivity contribution in [1.29, 1.82) is 0 Å². The van der Waals surface area contributed by atoms with Crippen LogP contribution in [0.15, 0.2) is 34.9 Å². The van der Waals surface area contributed by atoms with Crippen molar-refractivity contribution in [2.75, 3.05) is 0 Å². The Bertz CT molecular complexity index is 495. The lowest BCUT2D eigenvalue weighted by molar-refractivity contribution is 0.437. The summed E-state index contributed by atoms with van der Waals surface area (Å²) in [6.45, 7) is 11.0. The molecule has 0 fully saturated rings. The van der Waals surface area contributed by atoms with E-state index in [2.05, 4.69) is 39.0 Å². The van der Waals surface area contributed by atoms with Crippen LogP contribution in [0.5, 0.6) is 0 Å². The largest absolute Gasteiger partial charge is 0.464 e. The summed E-state index contributed by atoms with van der Waals surface area (Å²) in [5.74, 6) is 1.67. The van der Waals surface area contributed by atoms with Gasteiger partial charge >= 0.3 is 0 Å². The first kappa shape index (κ1) is 17.8. The number of furan rings is 1. The van der Waals surface area contributed by atoms with Gasteiger partial charge in [0.2, 0.25) is 0 Å². The molecular weight excluding hydrogens is 256 g/mol. The van der Waals surface area contributed by atoms with Gasteiger partial charge in [-0.15, -0.1) is 0 Å². The molecule has 0 spiro atoms. The lowest BCUT2D eigenvalue weighted by atomic mass is 9.94. The number of fused-ring (bicyclic) bond motifs is 1. The maximum absolute atomic E-state index is 5.46. The van der Waals surface area contributed by atoms with Crippen LogP contribution >= 0.6 is 0 Å². The fourth-order valence-corrected chi connectivity index (χ4v) is 2.59. The van der Waals surface area contributed by atoms with E-state index in [4.69, 9.17) is 4.42 Å². The predicted molar refractivity (Wildman–Crippen MR) is 93.7 cm³/mol. The topological polar surface area (TPSA) is 13.1 Å². The number of hydrogen-bond acceptors (Lipinski definition) is 1. The number of benzene rings is 1. The Morgan fingerprint density at radius 3 is 2.43 bits per heavy atom. The van der Waals surface area contributed by atoms with E-state index >= 15 is 0 Å². The number of aryl methyl sites for hydroxylation is 1. The summed E-state index contributed by atoms with van der Waals surface area (Å²) in [7, 11) is 0. The summed E-state index contributed by atoms with van der Waals surface area (Å²) in [4.78, 5) is 0. The molecule has 1 unspecified atom stereocenters. The van der Waals surface area contributed by atoms with Gasteiger partial charge in [0, 0.05) is 5.39 Å². The standard InChI is InChI=1S/C18H26O.C2H6/c1-14(2)5-4-6-15(3)7-8-16-9-10-17-11-12-19-18(17)13-16;1-2/h9-15H,4-8H2,1-3H3;1-2H3. The van der Waals surface area contributed by atoms with Gasteiger partial charge < -0.3 is 4.42 Å². The Morgan fingerprint density at radius 1 is 0.952 bits per heavy atom. The van der Waals surface area contributed by atoms with Crippen LogP contribution in [-0.2, 0) is 6.42 Å². The summed E-state index contributed by atoms with van der Waals surface area (Å²) in [6.07, 6.45) is 8.31. The van der Waals surface area contributed by atoms with Crippen molar-refractivity contribution in [3.63, 3.8) is 0 Å². The van der Waals surface area contributed by atoms with Gasteiger partial charge in [-0.05, 0) is 42.4 Å².